The van der Waals surface area contributed by atoms with Crippen LogP contribution in [0.2, 0.25) is 0 Å². The number of allylic oxidation sites excluding steroid dienone is 3. The van der Waals surface area contributed by atoms with Crippen molar-refractivity contribution >= 4 is 17.3 Å². The van der Waals surface area contributed by atoms with Crippen LogP contribution in [-0.4, -0.2) is 18.2 Å². The zero-order valence-electron chi connectivity index (χ0n) is 14.3. The number of benzene rings is 2. The summed E-state index contributed by atoms with van der Waals surface area (Å²) in [5.41, 5.74) is 2.83. The van der Waals surface area contributed by atoms with E-state index in [1.807, 2.05) is 80.0 Å². The van der Waals surface area contributed by atoms with E-state index in [-0.39, 0.29) is 5.57 Å². The highest BCUT2D eigenvalue weighted by atomic mass is 32.2. The van der Waals surface area contributed by atoms with Gasteiger partial charge in [0.15, 0.2) is 0 Å². The minimum Gasteiger partial charge on any atom is -0.365 e. The molecule has 0 aliphatic rings. The molecular weight excluding hydrogens is 326 g/mol. The van der Waals surface area contributed by atoms with Crippen molar-refractivity contribution in [2.45, 2.75) is 6.54 Å². The van der Waals surface area contributed by atoms with Gasteiger partial charge in [0.25, 0.3) is 0 Å². The zero-order valence-corrected chi connectivity index (χ0v) is 15.1. The van der Waals surface area contributed by atoms with Gasteiger partial charge in [0, 0.05) is 19.2 Å². The normalized spacial score (nSPS) is 10.5. The number of thioether (sulfide) groups is 1. The summed E-state index contributed by atoms with van der Waals surface area (Å²) in [6, 6.07) is 23.8. The van der Waals surface area contributed by atoms with Crippen LogP contribution in [0, 0.1) is 22.7 Å². The van der Waals surface area contributed by atoms with E-state index in [9.17, 15) is 10.5 Å². The van der Waals surface area contributed by atoms with Gasteiger partial charge < -0.3 is 4.90 Å². The average Bonchev–Trinajstić information content (AvgIpc) is 2.66. The van der Waals surface area contributed by atoms with Crippen LogP contribution in [0.15, 0.2) is 77.3 Å². The van der Waals surface area contributed by atoms with Gasteiger partial charge in [-0.25, -0.2) is 0 Å². The first kappa shape index (κ1) is 18.4. The minimum atomic E-state index is 0.117. The van der Waals surface area contributed by atoms with Crippen LogP contribution >= 0.6 is 11.8 Å². The van der Waals surface area contributed by atoms with Crippen LogP contribution in [-0.2, 0) is 6.54 Å². The Balaban J connectivity index is 2.41. The van der Waals surface area contributed by atoms with E-state index in [2.05, 4.69) is 17.0 Å². The number of hydrogen-bond donors (Lipinski definition) is 0. The molecule has 0 fully saturated rings. The Morgan fingerprint density at radius 2 is 1.56 bits per heavy atom. The molecule has 0 atom stereocenters. The molecule has 0 radical (unpaired) electrons. The van der Waals surface area contributed by atoms with Crippen molar-refractivity contribution in [1.29, 1.82) is 10.5 Å². The molecule has 0 aliphatic carbocycles. The van der Waals surface area contributed by atoms with Crippen LogP contribution in [0.5, 0.6) is 0 Å². The third-order valence-corrected chi connectivity index (χ3v) is 4.54. The largest absolute Gasteiger partial charge is 0.365 e. The zero-order chi connectivity index (χ0) is 18.1. The summed E-state index contributed by atoms with van der Waals surface area (Å²) in [6.45, 7) is 0.754. The predicted molar refractivity (Wildman–Crippen MR) is 104 cm³/mol. The lowest BCUT2D eigenvalue weighted by molar-refractivity contribution is 0.440. The molecule has 2 rings (SSSR count). The lowest BCUT2D eigenvalue weighted by Gasteiger charge is -2.22. The van der Waals surface area contributed by atoms with Crippen molar-refractivity contribution in [3.63, 3.8) is 0 Å². The molecule has 0 amide bonds. The summed E-state index contributed by atoms with van der Waals surface area (Å²) in [7, 11) is 2.01. The fourth-order valence-electron chi connectivity index (χ4n) is 2.45. The van der Waals surface area contributed by atoms with E-state index in [0.717, 1.165) is 17.1 Å². The molecule has 0 unspecified atom stereocenters. The Kier molecular flexibility index (Phi) is 6.89. The van der Waals surface area contributed by atoms with Crippen LogP contribution in [0.4, 0.5) is 0 Å². The molecule has 0 N–H and O–H groups in total. The highest BCUT2D eigenvalue weighted by Crippen LogP contribution is 2.27. The quantitative estimate of drug-likeness (QED) is 0.556. The van der Waals surface area contributed by atoms with Gasteiger partial charge in [0.05, 0.1) is 5.03 Å². The molecular formula is C21H19N3S. The lowest BCUT2D eigenvalue weighted by atomic mass is 10.0. The van der Waals surface area contributed by atoms with Crippen LogP contribution < -0.4 is 0 Å². The molecule has 124 valence electrons. The first-order valence-electron chi connectivity index (χ1n) is 7.80. The van der Waals surface area contributed by atoms with Gasteiger partial charge in [-0.3, -0.25) is 0 Å². The van der Waals surface area contributed by atoms with Crippen LogP contribution in [0.3, 0.4) is 0 Å². The standard InChI is InChI=1S/C21H19N3S/c1-24(16-17-9-5-3-6-10-17)21(25-2)13-20(19(14-22)15-23)18-11-7-4-8-12-18/h3-13H,16H2,1-2H3/b21-13-. The molecule has 0 aromatic heterocycles. The molecule has 3 nitrogen and oxygen atoms in total. The molecule has 0 spiro atoms. The van der Waals surface area contributed by atoms with E-state index in [1.54, 1.807) is 11.8 Å². The molecule has 0 heterocycles. The number of rotatable bonds is 6. The molecule has 25 heavy (non-hydrogen) atoms. The van der Waals surface area contributed by atoms with Crippen molar-refractivity contribution in [2.24, 2.45) is 0 Å². The van der Waals surface area contributed by atoms with E-state index in [4.69, 9.17) is 0 Å². The fourth-order valence-corrected chi connectivity index (χ4v) is 3.06. The second-order valence-electron chi connectivity index (χ2n) is 5.41. The van der Waals surface area contributed by atoms with E-state index >= 15 is 0 Å². The van der Waals surface area contributed by atoms with Crippen molar-refractivity contribution in [2.75, 3.05) is 13.3 Å². The summed E-state index contributed by atoms with van der Waals surface area (Å²) in [6.07, 6.45) is 3.92. The SMILES string of the molecule is CS/C(=C\C(=C(C#N)C#N)c1ccccc1)N(C)Cc1ccccc1. The molecule has 0 saturated heterocycles. The maximum atomic E-state index is 9.34. The van der Waals surface area contributed by atoms with Crippen molar-refractivity contribution in [3.8, 4) is 12.1 Å². The number of hydrogen-bond acceptors (Lipinski definition) is 4. The summed E-state index contributed by atoms with van der Waals surface area (Å²) in [5, 5.41) is 19.7. The number of nitriles is 2. The van der Waals surface area contributed by atoms with Gasteiger partial charge >= 0.3 is 0 Å². The smallest absolute Gasteiger partial charge is 0.137 e. The highest BCUT2D eigenvalue weighted by molar-refractivity contribution is 8.02. The van der Waals surface area contributed by atoms with Gasteiger partial charge in [0.1, 0.15) is 17.7 Å². The average molecular weight is 345 g/mol. The molecule has 2 aromatic rings. The summed E-state index contributed by atoms with van der Waals surface area (Å²) in [4.78, 5) is 2.12. The second-order valence-corrected chi connectivity index (χ2v) is 6.23. The van der Waals surface area contributed by atoms with Crippen molar-refractivity contribution in [1.82, 2.24) is 4.90 Å². The molecule has 4 heteroatoms. The van der Waals surface area contributed by atoms with Crippen LogP contribution in [0.1, 0.15) is 11.1 Å². The molecule has 0 bridgehead atoms. The topological polar surface area (TPSA) is 50.8 Å². The summed E-state index contributed by atoms with van der Waals surface area (Å²) >= 11 is 1.59. The second kappa shape index (κ2) is 9.37. The third-order valence-electron chi connectivity index (χ3n) is 3.69. The van der Waals surface area contributed by atoms with E-state index in [0.29, 0.717) is 5.57 Å². The monoisotopic (exact) mass is 345 g/mol. The Morgan fingerprint density at radius 3 is 2.08 bits per heavy atom. The first-order chi connectivity index (χ1) is 12.2. The lowest BCUT2D eigenvalue weighted by Crippen LogP contribution is -2.15. The highest BCUT2D eigenvalue weighted by Gasteiger charge is 2.11. The van der Waals surface area contributed by atoms with Crippen LogP contribution in [0.25, 0.3) is 5.57 Å². The summed E-state index contributed by atoms with van der Waals surface area (Å²) < 4.78 is 0. The van der Waals surface area contributed by atoms with Gasteiger partial charge in [-0.05, 0) is 23.5 Å². The summed E-state index contributed by atoms with van der Waals surface area (Å²) in [5.74, 6) is 0. The number of nitrogens with zero attached hydrogens (tertiary/aromatic N) is 3. The van der Waals surface area contributed by atoms with Gasteiger partial charge in [-0.1, -0.05) is 60.7 Å². The van der Waals surface area contributed by atoms with E-state index in [1.165, 1.54) is 5.56 Å². The van der Waals surface area contributed by atoms with Crippen molar-refractivity contribution in [3.05, 3.63) is 88.5 Å². The Hall–Kier alpha value is -2.95. The fraction of sp³-hybridized carbons (Fsp3) is 0.143. The predicted octanol–water partition coefficient (Wildman–Crippen LogP) is 4.82. The minimum absolute atomic E-state index is 0.117. The van der Waals surface area contributed by atoms with E-state index < -0.39 is 0 Å². The van der Waals surface area contributed by atoms with Gasteiger partial charge in [-0.15, -0.1) is 11.8 Å². The van der Waals surface area contributed by atoms with Crippen molar-refractivity contribution < 1.29 is 0 Å². The molecule has 2 aromatic carbocycles. The third kappa shape index (κ3) is 5.01. The molecule has 0 saturated carbocycles. The first-order valence-corrected chi connectivity index (χ1v) is 9.02. The maximum Gasteiger partial charge on any atom is 0.137 e. The molecule has 0 aliphatic heterocycles. The Morgan fingerprint density at radius 1 is 1.00 bits per heavy atom. The Labute approximate surface area is 153 Å². The maximum absolute atomic E-state index is 9.34. The Bertz CT molecular complexity index is 824. The van der Waals surface area contributed by atoms with Gasteiger partial charge in [0.2, 0.25) is 0 Å². The van der Waals surface area contributed by atoms with Gasteiger partial charge in [-0.2, -0.15) is 10.5 Å².